The number of carbonyl (C=O) groups is 2. The van der Waals surface area contributed by atoms with Gasteiger partial charge >= 0.3 is 42.0 Å². The minimum Gasteiger partial charge on any atom is -0.347 e. The van der Waals surface area contributed by atoms with Gasteiger partial charge in [-0.3, -0.25) is 4.79 Å². The Bertz CT molecular complexity index is 1620. The molecule has 0 radical (unpaired) electrons. The minimum absolute atomic E-state index is 0.0853. The number of halogens is 7. The lowest BCUT2D eigenvalue weighted by Crippen LogP contribution is -2.92. The standard InChI is InChI=1S/C30H35F7N4O10/c1-14-9-20(31)5-6-22(14)23-13-21(41-29(48,49)27(44,45)40(16(3)42)28(46,47)30(41,50)51)7-8-39(23)24(43)38(4)15(2)17-10-18(25(32,33)34)12-19(11-17)26(35,36)37/h5-6,9-12,15,21,23,44-51H,7-8,13H2,1-4H3. The first-order chi connectivity index (χ1) is 23.0. The molecule has 2 aromatic rings. The van der Waals surface area contributed by atoms with E-state index in [0.29, 0.717) is 19.1 Å². The van der Waals surface area contributed by atoms with Crippen molar-refractivity contribution >= 4 is 11.9 Å². The smallest absolute Gasteiger partial charge is 0.347 e. The van der Waals surface area contributed by atoms with Gasteiger partial charge in [0.1, 0.15) is 5.82 Å². The van der Waals surface area contributed by atoms with E-state index in [9.17, 15) is 81.2 Å². The van der Waals surface area contributed by atoms with Crippen LogP contribution >= 0.6 is 0 Å². The summed E-state index contributed by atoms with van der Waals surface area (Å²) in [5.41, 5.74) is -3.56. The van der Waals surface area contributed by atoms with Gasteiger partial charge < -0.3 is 50.7 Å². The Labute approximate surface area is 284 Å². The van der Waals surface area contributed by atoms with Gasteiger partial charge in [0.2, 0.25) is 5.91 Å². The summed E-state index contributed by atoms with van der Waals surface area (Å²) in [6.45, 7) is 2.45. The number of rotatable bonds is 4. The van der Waals surface area contributed by atoms with Crippen LogP contribution in [-0.4, -0.2) is 116 Å². The number of amides is 3. The number of aliphatic hydroxyl groups is 8. The zero-order valence-electron chi connectivity index (χ0n) is 27.1. The van der Waals surface area contributed by atoms with Gasteiger partial charge in [-0.25, -0.2) is 14.1 Å². The van der Waals surface area contributed by atoms with Crippen LogP contribution in [0.3, 0.4) is 0 Å². The van der Waals surface area contributed by atoms with Crippen LogP contribution in [0.4, 0.5) is 35.5 Å². The average molecular weight is 745 g/mol. The van der Waals surface area contributed by atoms with Crippen molar-refractivity contribution in [2.45, 2.75) is 87.7 Å². The predicted octanol–water partition coefficient (Wildman–Crippen LogP) is 1.21. The van der Waals surface area contributed by atoms with E-state index >= 15 is 0 Å². The maximum Gasteiger partial charge on any atom is 0.416 e. The molecule has 0 bridgehead atoms. The van der Waals surface area contributed by atoms with Crippen molar-refractivity contribution < 1.29 is 81.2 Å². The van der Waals surface area contributed by atoms with Gasteiger partial charge in [-0.05, 0) is 73.7 Å². The van der Waals surface area contributed by atoms with Crippen molar-refractivity contribution in [1.29, 1.82) is 0 Å². The van der Waals surface area contributed by atoms with E-state index in [0.717, 1.165) is 35.9 Å². The molecule has 0 spiro atoms. The summed E-state index contributed by atoms with van der Waals surface area (Å²) < 4.78 is 95.6. The molecular weight excluding hydrogens is 709 g/mol. The van der Waals surface area contributed by atoms with Crippen molar-refractivity contribution in [3.8, 4) is 0 Å². The molecule has 3 atom stereocenters. The van der Waals surface area contributed by atoms with Crippen LogP contribution in [0.25, 0.3) is 0 Å². The molecule has 51 heavy (non-hydrogen) atoms. The van der Waals surface area contributed by atoms with Gasteiger partial charge in [0.05, 0.1) is 23.2 Å². The van der Waals surface area contributed by atoms with Crippen LogP contribution in [0.15, 0.2) is 36.4 Å². The molecule has 2 fully saturated rings. The first-order valence-corrected chi connectivity index (χ1v) is 15.0. The molecule has 8 N–H and O–H groups in total. The van der Waals surface area contributed by atoms with E-state index in [1.54, 1.807) is 0 Å². The molecule has 3 unspecified atom stereocenters. The first-order valence-electron chi connectivity index (χ1n) is 15.0. The van der Waals surface area contributed by atoms with E-state index < -0.39 is 113 Å². The van der Waals surface area contributed by atoms with Gasteiger partial charge in [-0.2, -0.15) is 31.2 Å². The molecule has 21 heteroatoms. The van der Waals surface area contributed by atoms with E-state index in [1.165, 1.54) is 13.0 Å². The molecule has 2 aliphatic heterocycles. The van der Waals surface area contributed by atoms with Crippen molar-refractivity contribution in [2.24, 2.45) is 0 Å². The van der Waals surface area contributed by atoms with Crippen LogP contribution < -0.4 is 0 Å². The number of urea groups is 1. The Hall–Kier alpha value is -3.67. The molecule has 4 rings (SSSR count). The van der Waals surface area contributed by atoms with Crippen molar-refractivity contribution in [3.63, 3.8) is 0 Å². The highest BCUT2D eigenvalue weighted by Gasteiger charge is 2.79. The van der Waals surface area contributed by atoms with Gasteiger partial charge in [-0.1, -0.05) is 6.07 Å². The summed E-state index contributed by atoms with van der Waals surface area (Å²) in [5, 5.41) is 86.1. The van der Waals surface area contributed by atoms with Gasteiger partial charge in [0, 0.05) is 26.6 Å². The van der Waals surface area contributed by atoms with Crippen LogP contribution in [-0.2, 0) is 17.1 Å². The number of hydrogen-bond acceptors (Lipinski definition) is 11. The Morgan fingerprint density at radius 3 is 1.76 bits per heavy atom. The molecule has 2 aromatic carbocycles. The molecule has 2 aliphatic rings. The maximum absolute atomic E-state index is 14.1. The summed E-state index contributed by atoms with van der Waals surface area (Å²) in [6.07, 6.45) is -11.7. The number of carbonyl (C=O) groups excluding carboxylic acids is 2. The molecule has 284 valence electrons. The maximum atomic E-state index is 14.1. The van der Waals surface area contributed by atoms with Gasteiger partial charge in [0.25, 0.3) is 0 Å². The third-order valence-corrected chi connectivity index (χ3v) is 9.26. The SMILES string of the molecule is CC(=O)N1C(O)(O)C(O)(O)N(C2CCN(C(=O)N(C)C(C)c3cc(C(F)(F)F)cc(C(F)(F)F)c3)C(c3ccc(F)cc3C)C2)C(O)(O)C1(O)O. The number of nitrogens with zero attached hydrogens (tertiary/aromatic N) is 4. The Kier molecular flexibility index (Phi) is 10.0. The highest BCUT2D eigenvalue weighted by molar-refractivity contribution is 5.76. The highest BCUT2D eigenvalue weighted by atomic mass is 19.4. The van der Waals surface area contributed by atoms with Crippen LogP contribution in [0, 0.1) is 12.7 Å². The molecule has 0 saturated carbocycles. The molecule has 2 saturated heterocycles. The number of hydrogen-bond donors (Lipinski definition) is 8. The lowest BCUT2D eigenvalue weighted by Gasteiger charge is -2.62. The quantitative estimate of drug-likeness (QED) is 0.165. The molecule has 14 nitrogen and oxygen atoms in total. The minimum atomic E-state index is -5.19. The Morgan fingerprint density at radius 1 is 0.843 bits per heavy atom. The number of likely N-dealkylation sites (tertiary alicyclic amines) is 1. The van der Waals surface area contributed by atoms with Crippen molar-refractivity contribution in [1.82, 2.24) is 19.6 Å². The van der Waals surface area contributed by atoms with E-state index in [1.807, 2.05) is 0 Å². The number of piperazine rings is 1. The lowest BCUT2D eigenvalue weighted by molar-refractivity contribution is -0.604. The molecule has 0 aromatic heterocycles. The normalized spacial score (nSPS) is 23.9. The monoisotopic (exact) mass is 744 g/mol. The second kappa shape index (κ2) is 12.8. The second-order valence-electron chi connectivity index (χ2n) is 12.6. The lowest BCUT2D eigenvalue weighted by atomic mass is 9.87. The summed E-state index contributed by atoms with van der Waals surface area (Å²) in [5.74, 6) is -19.7. The summed E-state index contributed by atoms with van der Waals surface area (Å²) in [7, 11) is 1.07. The fourth-order valence-corrected chi connectivity index (χ4v) is 6.54. The first kappa shape index (κ1) is 40.1. The van der Waals surface area contributed by atoms with Crippen molar-refractivity contribution in [2.75, 3.05) is 13.6 Å². The fraction of sp³-hybridized carbons (Fsp3) is 0.533. The zero-order chi connectivity index (χ0) is 39.0. The molecule has 3 amide bonds. The molecule has 0 aliphatic carbocycles. The summed E-state index contributed by atoms with van der Waals surface area (Å²) >= 11 is 0. The number of alkyl halides is 6. The number of piperidine rings is 1. The predicted molar refractivity (Wildman–Crippen MR) is 155 cm³/mol. The van der Waals surface area contributed by atoms with E-state index in [4.69, 9.17) is 0 Å². The van der Waals surface area contributed by atoms with E-state index in [-0.39, 0.29) is 22.1 Å². The molecule has 2 heterocycles. The fourth-order valence-electron chi connectivity index (χ4n) is 6.54. The van der Waals surface area contributed by atoms with Gasteiger partial charge in [-0.15, -0.1) is 0 Å². The van der Waals surface area contributed by atoms with Crippen LogP contribution in [0.1, 0.15) is 66.6 Å². The topological polar surface area (TPSA) is 209 Å². The van der Waals surface area contributed by atoms with Crippen LogP contribution in [0.5, 0.6) is 0 Å². The van der Waals surface area contributed by atoms with E-state index in [2.05, 4.69) is 0 Å². The zero-order valence-corrected chi connectivity index (χ0v) is 27.1. The third kappa shape index (κ3) is 6.73. The average Bonchev–Trinajstić information content (AvgIpc) is 2.97. The molecular formula is C30H35F7N4O10. The summed E-state index contributed by atoms with van der Waals surface area (Å²) in [4.78, 5) is 26.8. The largest absolute Gasteiger partial charge is 0.416 e. The highest BCUT2D eigenvalue weighted by Crippen LogP contribution is 2.48. The third-order valence-electron chi connectivity index (χ3n) is 9.26. The Morgan fingerprint density at radius 2 is 1.33 bits per heavy atom. The Balaban J connectivity index is 1.78. The number of benzene rings is 2. The van der Waals surface area contributed by atoms with Crippen LogP contribution in [0.2, 0.25) is 0 Å². The second-order valence-corrected chi connectivity index (χ2v) is 12.6. The number of aryl methyl sites for hydroxylation is 1. The summed E-state index contributed by atoms with van der Waals surface area (Å²) in [6, 6.07) is -1.69. The van der Waals surface area contributed by atoms with Gasteiger partial charge in [0.15, 0.2) is 0 Å². The van der Waals surface area contributed by atoms with Crippen molar-refractivity contribution in [3.05, 3.63) is 70.0 Å².